The molecule has 0 aliphatic heterocycles. The molecule has 1 aromatic heterocycles. The van der Waals surface area contributed by atoms with Crippen LogP contribution in [0.1, 0.15) is 21.5 Å². The zero-order valence-electron chi connectivity index (χ0n) is 14.9. The number of aliphatic imine (C=N–C) groups is 1. The molecule has 1 N–H and O–H groups in total. The second-order valence-electron chi connectivity index (χ2n) is 6.51. The van der Waals surface area contributed by atoms with E-state index in [4.69, 9.17) is 5.11 Å². The van der Waals surface area contributed by atoms with Crippen molar-refractivity contribution in [2.24, 2.45) is 4.99 Å². The van der Waals surface area contributed by atoms with E-state index in [1.807, 2.05) is 36.5 Å². The SMILES string of the molecule is O=C(O)c1cccc(N=Cc2ccc3c(ccn3Cc3cccc(F)c3)c2)c1. The molecule has 3 aromatic carbocycles. The van der Waals surface area contributed by atoms with E-state index in [1.165, 1.54) is 24.3 Å². The van der Waals surface area contributed by atoms with Crippen LogP contribution in [-0.2, 0) is 6.54 Å². The van der Waals surface area contributed by atoms with Crippen LogP contribution in [0.5, 0.6) is 0 Å². The summed E-state index contributed by atoms with van der Waals surface area (Å²) in [6.07, 6.45) is 3.69. The number of aromatic carboxylic acids is 1. The van der Waals surface area contributed by atoms with Crippen molar-refractivity contribution in [1.29, 1.82) is 0 Å². The fraction of sp³-hybridized carbons (Fsp3) is 0.0435. The quantitative estimate of drug-likeness (QED) is 0.485. The van der Waals surface area contributed by atoms with Gasteiger partial charge in [0.2, 0.25) is 0 Å². The van der Waals surface area contributed by atoms with Crippen LogP contribution in [0.15, 0.2) is 84.0 Å². The Bertz CT molecular complexity index is 1190. The lowest BCUT2D eigenvalue weighted by molar-refractivity contribution is 0.0697. The summed E-state index contributed by atoms with van der Waals surface area (Å²) in [7, 11) is 0. The fourth-order valence-electron chi connectivity index (χ4n) is 3.14. The number of carboxylic acids is 1. The van der Waals surface area contributed by atoms with Crippen LogP contribution in [0.25, 0.3) is 10.9 Å². The minimum Gasteiger partial charge on any atom is -0.478 e. The Morgan fingerprint density at radius 1 is 1.04 bits per heavy atom. The van der Waals surface area contributed by atoms with Crippen LogP contribution in [0.3, 0.4) is 0 Å². The molecule has 0 amide bonds. The van der Waals surface area contributed by atoms with Gasteiger partial charge in [-0.15, -0.1) is 0 Å². The van der Waals surface area contributed by atoms with Crippen molar-refractivity contribution < 1.29 is 14.3 Å². The Morgan fingerprint density at radius 2 is 1.89 bits per heavy atom. The topological polar surface area (TPSA) is 54.6 Å². The Balaban J connectivity index is 1.57. The van der Waals surface area contributed by atoms with Gasteiger partial charge in [-0.2, -0.15) is 0 Å². The highest BCUT2D eigenvalue weighted by atomic mass is 19.1. The van der Waals surface area contributed by atoms with Gasteiger partial charge in [-0.05, 0) is 59.7 Å². The first-order chi connectivity index (χ1) is 13.6. The number of hydrogen-bond acceptors (Lipinski definition) is 2. The van der Waals surface area contributed by atoms with Gasteiger partial charge in [0.05, 0.1) is 11.3 Å². The molecule has 0 unspecified atom stereocenters. The summed E-state index contributed by atoms with van der Waals surface area (Å²) in [4.78, 5) is 15.4. The molecular weight excluding hydrogens is 355 g/mol. The zero-order valence-corrected chi connectivity index (χ0v) is 14.9. The minimum absolute atomic E-state index is 0.208. The summed E-state index contributed by atoms with van der Waals surface area (Å²) in [6.45, 7) is 0.594. The van der Waals surface area contributed by atoms with E-state index in [9.17, 15) is 9.18 Å². The van der Waals surface area contributed by atoms with E-state index < -0.39 is 5.97 Å². The number of rotatable bonds is 5. The number of hydrogen-bond donors (Lipinski definition) is 1. The Morgan fingerprint density at radius 3 is 2.71 bits per heavy atom. The van der Waals surface area contributed by atoms with Gasteiger partial charge in [-0.25, -0.2) is 9.18 Å². The first-order valence-corrected chi connectivity index (χ1v) is 8.79. The summed E-state index contributed by atoms with van der Waals surface area (Å²) in [5.41, 5.74) is 3.66. The zero-order chi connectivity index (χ0) is 19.5. The molecule has 138 valence electrons. The molecule has 28 heavy (non-hydrogen) atoms. The maximum absolute atomic E-state index is 13.4. The van der Waals surface area contributed by atoms with Gasteiger partial charge in [0.25, 0.3) is 0 Å². The highest BCUT2D eigenvalue weighted by molar-refractivity contribution is 5.91. The van der Waals surface area contributed by atoms with Crippen molar-refractivity contribution in [3.63, 3.8) is 0 Å². The summed E-state index contributed by atoms with van der Waals surface area (Å²) < 4.78 is 15.5. The predicted molar refractivity (Wildman–Crippen MR) is 108 cm³/mol. The third kappa shape index (κ3) is 3.83. The number of halogens is 1. The second-order valence-corrected chi connectivity index (χ2v) is 6.51. The van der Waals surface area contributed by atoms with Crippen LogP contribution in [-0.4, -0.2) is 21.9 Å². The van der Waals surface area contributed by atoms with Gasteiger partial charge < -0.3 is 9.67 Å². The summed E-state index contributed by atoms with van der Waals surface area (Å²) in [5, 5.41) is 10.1. The number of carboxylic acid groups (broad SMARTS) is 1. The average molecular weight is 372 g/mol. The van der Waals surface area contributed by atoms with Crippen LogP contribution in [0.2, 0.25) is 0 Å². The molecule has 0 fully saturated rings. The van der Waals surface area contributed by atoms with Crippen LogP contribution >= 0.6 is 0 Å². The van der Waals surface area contributed by atoms with Crippen LogP contribution in [0.4, 0.5) is 10.1 Å². The van der Waals surface area contributed by atoms with Crippen LogP contribution < -0.4 is 0 Å². The van der Waals surface area contributed by atoms with Gasteiger partial charge >= 0.3 is 5.97 Å². The van der Waals surface area contributed by atoms with Crippen LogP contribution in [0, 0.1) is 5.82 Å². The molecule has 0 bridgehead atoms. The highest BCUT2D eigenvalue weighted by Crippen LogP contribution is 2.20. The van der Waals surface area contributed by atoms with Gasteiger partial charge in [0.15, 0.2) is 0 Å². The minimum atomic E-state index is -0.974. The summed E-state index contributed by atoms with van der Waals surface area (Å²) in [5.74, 6) is -1.21. The molecule has 1 heterocycles. The van der Waals surface area contributed by atoms with Crippen molar-refractivity contribution in [2.75, 3.05) is 0 Å². The first-order valence-electron chi connectivity index (χ1n) is 8.79. The standard InChI is InChI=1S/C23H17FN2O2/c24-20-5-1-3-17(12-20)15-26-10-9-18-11-16(7-8-22(18)26)14-25-21-6-2-4-19(13-21)23(27)28/h1-14H,15H2,(H,27,28). The molecule has 4 nitrogen and oxygen atoms in total. The fourth-order valence-corrected chi connectivity index (χ4v) is 3.14. The monoisotopic (exact) mass is 372 g/mol. The summed E-state index contributed by atoms with van der Waals surface area (Å²) >= 11 is 0. The third-order valence-electron chi connectivity index (χ3n) is 4.49. The molecule has 0 saturated carbocycles. The van der Waals surface area contributed by atoms with Gasteiger partial charge in [0, 0.05) is 29.9 Å². The normalized spacial score (nSPS) is 11.3. The van der Waals surface area contributed by atoms with Crippen molar-refractivity contribution >= 4 is 28.8 Å². The molecule has 4 aromatic rings. The summed E-state index contributed by atoms with van der Waals surface area (Å²) in [6, 6.07) is 21.1. The molecule has 0 atom stereocenters. The molecule has 4 rings (SSSR count). The van der Waals surface area contributed by atoms with E-state index in [1.54, 1.807) is 24.4 Å². The highest BCUT2D eigenvalue weighted by Gasteiger charge is 2.04. The van der Waals surface area contributed by atoms with Crippen molar-refractivity contribution in [3.05, 3.63) is 102 Å². The number of aromatic nitrogens is 1. The Kier molecular flexibility index (Phi) is 4.72. The first kappa shape index (κ1) is 17.7. The van der Waals surface area contributed by atoms with Crippen molar-refractivity contribution in [2.45, 2.75) is 6.54 Å². The van der Waals surface area contributed by atoms with E-state index in [0.29, 0.717) is 12.2 Å². The second kappa shape index (κ2) is 7.48. The van der Waals surface area contributed by atoms with E-state index in [0.717, 1.165) is 22.0 Å². The maximum atomic E-state index is 13.4. The molecule has 0 aliphatic rings. The number of fused-ring (bicyclic) bond motifs is 1. The number of nitrogens with zero attached hydrogens (tertiary/aromatic N) is 2. The van der Waals surface area contributed by atoms with E-state index in [2.05, 4.69) is 9.56 Å². The molecule has 0 saturated heterocycles. The predicted octanol–water partition coefficient (Wildman–Crippen LogP) is 5.28. The van der Waals surface area contributed by atoms with Gasteiger partial charge in [-0.1, -0.05) is 24.3 Å². The smallest absolute Gasteiger partial charge is 0.335 e. The maximum Gasteiger partial charge on any atom is 0.335 e. The van der Waals surface area contributed by atoms with E-state index >= 15 is 0 Å². The van der Waals surface area contributed by atoms with Crippen molar-refractivity contribution in [3.8, 4) is 0 Å². The average Bonchev–Trinajstić information content (AvgIpc) is 3.08. The van der Waals surface area contributed by atoms with Gasteiger partial charge in [-0.3, -0.25) is 4.99 Å². The Labute approximate surface area is 161 Å². The lowest BCUT2D eigenvalue weighted by atomic mass is 10.1. The lowest BCUT2D eigenvalue weighted by Gasteiger charge is -2.06. The molecule has 0 radical (unpaired) electrons. The largest absolute Gasteiger partial charge is 0.478 e. The lowest BCUT2D eigenvalue weighted by Crippen LogP contribution is -1.98. The molecule has 0 spiro atoms. The molecule has 0 aliphatic carbocycles. The van der Waals surface area contributed by atoms with Crippen molar-refractivity contribution in [1.82, 2.24) is 4.57 Å². The third-order valence-corrected chi connectivity index (χ3v) is 4.49. The molecular formula is C23H17FN2O2. The number of carbonyl (C=O) groups is 1. The Hall–Kier alpha value is -3.73. The molecule has 5 heteroatoms. The van der Waals surface area contributed by atoms with E-state index in [-0.39, 0.29) is 11.4 Å². The number of benzene rings is 3. The van der Waals surface area contributed by atoms with Gasteiger partial charge in [0.1, 0.15) is 5.82 Å².